The maximum Gasteiger partial charge on any atom is 0.328 e. The molecule has 0 aliphatic heterocycles. The van der Waals surface area contributed by atoms with Crippen LogP contribution in [0.15, 0.2) is 54.6 Å². The lowest BCUT2D eigenvalue weighted by molar-refractivity contribution is -0.131. The Kier molecular flexibility index (Phi) is 3.76. The summed E-state index contributed by atoms with van der Waals surface area (Å²) in [5.41, 5.74) is 3.23. The number of allylic oxidation sites excluding steroid dienone is 1. The Morgan fingerprint density at radius 2 is 1.74 bits per heavy atom. The van der Waals surface area contributed by atoms with Crippen molar-refractivity contribution in [2.24, 2.45) is 0 Å². The van der Waals surface area contributed by atoms with Crippen molar-refractivity contribution < 1.29 is 14.3 Å². The summed E-state index contributed by atoms with van der Waals surface area (Å²) in [6, 6.07) is 13.6. The van der Waals surface area contributed by atoms with Gasteiger partial charge in [-0.1, -0.05) is 36.4 Å². The van der Waals surface area contributed by atoms with Gasteiger partial charge in [-0.05, 0) is 41.3 Å². The van der Waals surface area contributed by atoms with Gasteiger partial charge < -0.3 is 5.11 Å². The second-order valence-electron chi connectivity index (χ2n) is 4.22. The summed E-state index contributed by atoms with van der Waals surface area (Å²) < 4.78 is 12.9. The zero-order chi connectivity index (χ0) is 13.8. The van der Waals surface area contributed by atoms with Gasteiger partial charge in [-0.25, -0.2) is 9.18 Å². The van der Waals surface area contributed by atoms with Gasteiger partial charge in [0, 0.05) is 6.08 Å². The van der Waals surface area contributed by atoms with Crippen LogP contribution in [0.3, 0.4) is 0 Å². The lowest BCUT2D eigenvalue weighted by Crippen LogP contribution is -1.92. The molecule has 0 aliphatic carbocycles. The summed E-state index contributed by atoms with van der Waals surface area (Å²) in [6.45, 7) is 1.75. The highest BCUT2D eigenvalue weighted by molar-refractivity contribution is 5.92. The Morgan fingerprint density at radius 1 is 1.11 bits per heavy atom. The highest BCUT2D eigenvalue weighted by Crippen LogP contribution is 2.28. The van der Waals surface area contributed by atoms with Crippen LogP contribution in [0, 0.1) is 5.82 Å². The zero-order valence-corrected chi connectivity index (χ0v) is 10.4. The smallest absolute Gasteiger partial charge is 0.328 e. The maximum absolute atomic E-state index is 12.9. The minimum Gasteiger partial charge on any atom is -0.478 e. The average molecular weight is 256 g/mol. The summed E-state index contributed by atoms with van der Waals surface area (Å²) in [7, 11) is 0. The highest BCUT2D eigenvalue weighted by atomic mass is 19.1. The molecule has 0 fully saturated rings. The average Bonchev–Trinajstić information content (AvgIpc) is 2.39. The van der Waals surface area contributed by atoms with Crippen molar-refractivity contribution >= 4 is 11.5 Å². The van der Waals surface area contributed by atoms with E-state index in [2.05, 4.69) is 0 Å². The fourth-order valence-electron chi connectivity index (χ4n) is 1.97. The van der Waals surface area contributed by atoms with Gasteiger partial charge in [0.2, 0.25) is 0 Å². The molecule has 0 spiro atoms. The third-order valence-electron chi connectivity index (χ3n) is 2.85. The van der Waals surface area contributed by atoms with Crippen molar-refractivity contribution in [1.29, 1.82) is 0 Å². The molecule has 0 amide bonds. The fourth-order valence-corrected chi connectivity index (χ4v) is 1.97. The van der Waals surface area contributed by atoms with E-state index < -0.39 is 5.97 Å². The first-order valence-corrected chi connectivity index (χ1v) is 5.84. The van der Waals surface area contributed by atoms with Gasteiger partial charge in [0.1, 0.15) is 5.82 Å². The molecule has 0 saturated carbocycles. The molecule has 2 aromatic carbocycles. The van der Waals surface area contributed by atoms with Crippen molar-refractivity contribution in [3.8, 4) is 11.1 Å². The predicted molar refractivity (Wildman–Crippen MR) is 73.1 cm³/mol. The Morgan fingerprint density at radius 3 is 2.37 bits per heavy atom. The minimum atomic E-state index is -0.980. The van der Waals surface area contributed by atoms with E-state index in [0.29, 0.717) is 5.57 Å². The summed E-state index contributed by atoms with van der Waals surface area (Å²) in [6.07, 6.45) is 1.17. The molecule has 0 heterocycles. The van der Waals surface area contributed by atoms with E-state index in [9.17, 15) is 9.18 Å². The summed E-state index contributed by atoms with van der Waals surface area (Å²) >= 11 is 0. The molecule has 3 heteroatoms. The molecule has 2 nitrogen and oxygen atoms in total. The quantitative estimate of drug-likeness (QED) is 0.843. The monoisotopic (exact) mass is 256 g/mol. The van der Waals surface area contributed by atoms with Crippen LogP contribution in [0.4, 0.5) is 4.39 Å². The number of halogens is 1. The molecule has 2 rings (SSSR count). The zero-order valence-electron chi connectivity index (χ0n) is 10.4. The molecule has 1 N–H and O–H groups in total. The topological polar surface area (TPSA) is 37.3 Å². The fraction of sp³-hybridized carbons (Fsp3) is 0.0625. The van der Waals surface area contributed by atoms with Gasteiger partial charge in [-0.2, -0.15) is 0 Å². The van der Waals surface area contributed by atoms with Gasteiger partial charge in [-0.3, -0.25) is 0 Å². The van der Waals surface area contributed by atoms with E-state index in [4.69, 9.17) is 5.11 Å². The van der Waals surface area contributed by atoms with Gasteiger partial charge in [-0.15, -0.1) is 0 Å². The molecule has 96 valence electrons. The summed E-state index contributed by atoms with van der Waals surface area (Å²) in [4.78, 5) is 10.7. The number of hydrogen-bond donors (Lipinski definition) is 1. The van der Waals surface area contributed by atoms with Gasteiger partial charge in [0.25, 0.3) is 0 Å². The number of carboxylic acid groups (broad SMARTS) is 1. The Bertz CT molecular complexity index is 627. The first-order chi connectivity index (χ1) is 9.08. The van der Waals surface area contributed by atoms with Crippen molar-refractivity contribution in [2.45, 2.75) is 6.92 Å². The minimum absolute atomic E-state index is 0.293. The Labute approximate surface area is 110 Å². The molecule has 0 aliphatic rings. The predicted octanol–water partition coefficient (Wildman–Crippen LogP) is 3.98. The third kappa shape index (κ3) is 3.07. The molecule has 2 aromatic rings. The molecule has 0 saturated heterocycles. The van der Waals surface area contributed by atoms with Crippen LogP contribution in [0.1, 0.15) is 12.5 Å². The Balaban J connectivity index is 2.53. The van der Waals surface area contributed by atoms with Crippen molar-refractivity contribution in [1.82, 2.24) is 0 Å². The lowest BCUT2D eigenvalue weighted by Gasteiger charge is -2.09. The van der Waals surface area contributed by atoms with Gasteiger partial charge in [0.15, 0.2) is 0 Å². The second-order valence-corrected chi connectivity index (χ2v) is 4.22. The molecular weight excluding hydrogens is 243 g/mol. The first kappa shape index (κ1) is 13.0. The lowest BCUT2D eigenvalue weighted by atomic mass is 9.95. The van der Waals surface area contributed by atoms with Crippen LogP contribution in [0.2, 0.25) is 0 Å². The van der Waals surface area contributed by atoms with E-state index in [0.717, 1.165) is 16.7 Å². The Hall–Kier alpha value is -2.42. The molecule has 0 atom stereocenters. The normalized spacial score (nSPS) is 11.4. The van der Waals surface area contributed by atoms with Crippen LogP contribution in [0.5, 0.6) is 0 Å². The van der Waals surface area contributed by atoms with E-state index in [1.54, 1.807) is 19.1 Å². The number of hydrogen-bond acceptors (Lipinski definition) is 1. The molecule has 19 heavy (non-hydrogen) atoms. The number of carbonyl (C=O) groups is 1. The molecule has 0 aromatic heterocycles. The van der Waals surface area contributed by atoms with Crippen molar-refractivity contribution in [3.63, 3.8) is 0 Å². The van der Waals surface area contributed by atoms with Gasteiger partial charge in [0.05, 0.1) is 0 Å². The van der Waals surface area contributed by atoms with E-state index >= 15 is 0 Å². The first-order valence-electron chi connectivity index (χ1n) is 5.84. The van der Waals surface area contributed by atoms with Crippen molar-refractivity contribution in [3.05, 3.63) is 66.0 Å². The number of aliphatic carboxylic acids is 1. The van der Waals surface area contributed by atoms with Crippen LogP contribution < -0.4 is 0 Å². The van der Waals surface area contributed by atoms with Gasteiger partial charge >= 0.3 is 5.97 Å². The second kappa shape index (κ2) is 5.48. The standard InChI is InChI=1S/C16H13FO2/c1-11(10-16(18)19)14-4-2-3-5-15(14)12-6-8-13(17)9-7-12/h2-10H,1H3,(H,18,19). The molecule has 0 bridgehead atoms. The van der Waals surface area contributed by atoms with E-state index in [1.807, 2.05) is 24.3 Å². The van der Waals surface area contributed by atoms with E-state index in [1.165, 1.54) is 18.2 Å². The summed E-state index contributed by atoms with van der Waals surface area (Å²) in [5.74, 6) is -1.27. The van der Waals surface area contributed by atoms with Crippen LogP contribution in [0.25, 0.3) is 16.7 Å². The number of carboxylic acids is 1. The van der Waals surface area contributed by atoms with Crippen LogP contribution in [-0.2, 0) is 4.79 Å². The number of rotatable bonds is 3. The maximum atomic E-state index is 12.9. The molecule has 0 radical (unpaired) electrons. The van der Waals surface area contributed by atoms with E-state index in [-0.39, 0.29) is 5.82 Å². The highest BCUT2D eigenvalue weighted by Gasteiger charge is 2.07. The summed E-state index contributed by atoms with van der Waals surface area (Å²) in [5, 5.41) is 8.82. The van der Waals surface area contributed by atoms with Crippen LogP contribution >= 0.6 is 0 Å². The molecule has 0 unspecified atom stereocenters. The number of benzene rings is 2. The SMILES string of the molecule is CC(=CC(=O)O)c1ccccc1-c1ccc(F)cc1. The van der Waals surface area contributed by atoms with Crippen LogP contribution in [-0.4, -0.2) is 11.1 Å². The van der Waals surface area contributed by atoms with Crippen molar-refractivity contribution in [2.75, 3.05) is 0 Å². The molecular formula is C16H13FO2. The largest absolute Gasteiger partial charge is 0.478 e. The third-order valence-corrected chi connectivity index (χ3v) is 2.85.